The Morgan fingerprint density at radius 1 is 1.19 bits per heavy atom. The van der Waals surface area contributed by atoms with Crippen LogP contribution in [-0.4, -0.2) is 19.2 Å². The zero-order valence-electron chi connectivity index (χ0n) is 11.8. The van der Waals surface area contributed by atoms with Gasteiger partial charge in [0.2, 0.25) is 11.6 Å². The lowest BCUT2D eigenvalue weighted by Gasteiger charge is -2.20. The van der Waals surface area contributed by atoms with Gasteiger partial charge in [-0.3, -0.25) is 0 Å². The topological polar surface area (TPSA) is 45.0 Å². The first-order valence-electron chi connectivity index (χ1n) is 6.40. The van der Waals surface area contributed by atoms with Gasteiger partial charge in [0.1, 0.15) is 5.54 Å². The van der Waals surface area contributed by atoms with Crippen LogP contribution in [0.15, 0.2) is 6.07 Å². The summed E-state index contributed by atoms with van der Waals surface area (Å²) in [5.41, 5.74) is -0.693. The highest BCUT2D eigenvalue weighted by Crippen LogP contribution is 2.26. The van der Waals surface area contributed by atoms with Gasteiger partial charge in [-0.05, 0) is 33.2 Å². The van der Waals surface area contributed by atoms with E-state index in [1.165, 1.54) is 0 Å². The molecule has 0 aromatic heterocycles. The summed E-state index contributed by atoms with van der Waals surface area (Å²) >= 11 is 0. The lowest BCUT2D eigenvalue weighted by molar-refractivity contribution is 0.260. The molecule has 7 heteroatoms. The molecule has 116 valence electrons. The van der Waals surface area contributed by atoms with Crippen molar-refractivity contribution in [3.8, 4) is 11.8 Å². The van der Waals surface area contributed by atoms with Crippen molar-refractivity contribution >= 4 is 0 Å². The standard InChI is InChI=1S/C14H16F4N2O/c1-14(8-19,20-2)5-3-4-6-21-13-11(17)9(15)7-10(16)12(13)18/h7,20H,3-6H2,1-2H3. The monoisotopic (exact) mass is 304 g/mol. The number of nitrogens with one attached hydrogen (secondary N) is 1. The van der Waals surface area contributed by atoms with Crippen molar-refractivity contribution in [3.05, 3.63) is 29.3 Å². The molecule has 0 aliphatic heterocycles. The van der Waals surface area contributed by atoms with Crippen LogP contribution < -0.4 is 10.1 Å². The van der Waals surface area contributed by atoms with Crippen molar-refractivity contribution < 1.29 is 22.3 Å². The molecule has 0 saturated carbocycles. The van der Waals surface area contributed by atoms with Gasteiger partial charge < -0.3 is 10.1 Å². The fourth-order valence-corrected chi connectivity index (χ4v) is 1.67. The molecule has 0 heterocycles. The summed E-state index contributed by atoms with van der Waals surface area (Å²) in [6, 6.07) is 2.23. The van der Waals surface area contributed by atoms with E-state index in [0.29, 0.717) is 19.3 Å². The van der Waals surface area contributed by atoms with Gasteiger partial charge in [-0.1, -0.05) is 0 Å². The van der Waals surface area contributed by atoms with Crippen LogP contribution in [0, 0.1) is 34.6 Å². The lowest BCUT2D eigenvalue weighted by Crippen LogP contribution is -2.37. The van der Waals surface area contributed by atoms with E-state index in [2.05, 4.69) is 11.4 Å². The van der Waals surface area contributed by atoms with E-state index in [1.807, 2.05) is 0 Å². The summed E-state index contributed by atoms with van der Waals surface area (Å²) in [7, 11) is 1.65. The Labute approximate surface area is 120 Å². The summed E-state index contributed by atoms with van der Waals surface area (Å²) < 4.78 is 57.2. The van der Waals surface area contributed by atoms with Crippen molar-refractivity contribution in [2.24, 2.45) is 0 Å². The van der Waals surface area contributed by atoms with Crippen molar-refractivity contribution in [2.75, 3.05) is 13.7 Å². The van der Waals surface area contributed by atoms with Gasteiger partial charge >= 0.3 is 0 Å². The van der Waals surface area contributed by atoms with Gasteiger partial charge in [0, 0.05) is 6.07 Å². The fourth-order valence-electron chi connectivity index (χ4n) is 1.67. The molecule has 0 spiro atoms. The Bertz CT molecular complexity index is 519. The first-order valence-corrected chi connectivity index (χ1v) is 6.40. The quantitative estimate of drug-likeness (QED) is 0.477. The van der Waals surface area contributed by atoms with Gasteiger partial charge in [0.15, 0.2) is 17.4 Å². The van der Waals surface area contributed by atoms with Crippen LogP contribution in [0.25, 0.3) is 0 Å². The van der Waals surface area contributed by atoms with Crippen LogP contribution in [0.1, 0.15) is 26.2 Å². The minimum Gasteiger partial charge on any atom is -0.487 e. The molecule has 0 aliphatic carbocycles. The number of nitrogens with zero attached hydrogens (tertiary/aromatic N) is 1. The van der Waals surface area contributed by atoms with Crippen molar-refractivity contribution in [1.29, 1.82) is 5.26 Å². The van der Waals surface area contributed by atoms with Crippen LogP contribution in [-0.2, 0) is 0 Å². The minimum atomic E-state index is -1.55. The maximum atomic E-state index is 13.3. The molecule has 1 atom stereocenters. The SMILES string of the molecule is CNC(C)(C#N)CCCCOc1c(F)c(F)cc(F)c1F. The maximum absolute atomic E-state index is 13.3. The number of hydrogen-bond acceptors (Lipinski definition) is 3. The molecule has 0 radical (unpaired) electrons. The molecular weight excluding hydrogens is 288 g/mol. The molecule has 0 amide bonds. The molecule has 0 fully saturated rings. The smallest absolute Gasteiger partial charge is 0.203 e. The molecule has 1 unspecified atom stereocenters. The summed E-state index contributed by atoms with van der Waals surface area (Å²) in [5, 5.41) is 11.8. The lowest BCUT2D eigenvalue weighted by atomic mass is 9.97. The first kappa shape index (κ1) is 17.2. The Morgan fingerprint density at radius 3 is 2.24 bits per heavy atom. The van der Waals surface area contributed by atoms with E-state index in [4.69, 9.17) is 10.00 Å². The fraction of sp³-hybridized carbons (Fsp3) is 0.500. The average molecular weight is 304 g/mol. The normalized spacial score (nSPS) is 13.6. The molecule has 1 aromatic rings. The number of benzene rings is 1. The molecule has 0 bridgehead atoms. The van der Waals surface area contributed by atoms with Gasteiger partial charge in [-0.15, -0.1) is 0 Å². The van der Waals surface area contributed by atoms with Crippen molar-refractivity contribution in [1.82, 2.24) is 5.32 Å². The molecule has 1 aromatic carbocycles. The van der Waals surface area contributed by atoms with E-state index in [-0.39, 0.29) is 12.7 Å². The molecule has 0 saturated heterocycles. The molecule has 0 aliphatic rings. The molecule has 1 rings (SSSR count). The Hall–Kier alpha value is -1.81. The Kier molecular flexibility index (Phi) is 5.97. The number of halogens is 4. The average Bonchev–Trinajstić information content (AvgIpc) is 2.47. The highest BCUT2D eigenvalue weighted by atomic mass is 19.2. The highest BCUT2D eigenvalue weighted by Gasteiger charge is 2.22. The number of rotatable bonds is 7. The van der Waals surface area contributed by atoms with Crippen LogP contribution in [0.3, 0.4) is 0 Å². The first-order chi connectivity index (χ1) is 9.84. The van der Waals surface area contributed by atoms with Gasteiger partial charge in [0.25, 0.3) is 0 Å². The van der Waals surface area contributed by atoms with E-state index >= 15 is 0 Å². The zero-order chi connectivity index (χ0) is 16.0. The van der Waals surface area contributed by atoms with E-state index < -0.39 is 34.6 Å². The maximum Gasteiger partial charge on any atom is 0.203 e. The van der Waals surface area contributed by atoms with Crippen LogP contribution in [0.2, 0.25) is 0 Å². The number of nitriles is 1. The van der Waals surface area contributed by atoms with Crippen LogP contribution in [0.5, 0.6) is 5.75 Å². The predicted molar refractivity (Wildman–Crippen MR) is 68.7 cm³/mol. The van der Waals surface area contributed by atoms with Crippen molar-refractivity contribution in [2.45, 2.75) is 31.7 Å². The molecular formula is C14H16F4N2O. The van der Waals surface area contributed by atoms with Crippen LogP contribution in [0.4, 0.5) is 17.6 Å². The molecule has 21 heavy (non-hydrogen) atoms. The van der Waals surface area contributed by atoms with Gasteiger partial charge in [-0.25, -0.2) is 8.78 Å². The predicted octanol–water partition coefficient (Wildman–Crippen LogP) is 3.29. The third-order valence-electron chi connectivity index (χ3n) is 3.19. The van der Waals surface area contributed by atoms with Crippen LogP contribution >= 0.6 is 0 Å². The molecule has 1 N–H and O–H groups in total. The largest absolute Gasteiger partial charge is 0.487 e. The summed E-state index contributed by atoms with van der Waals surface area (Å²) in [4.78, 5) is 0. The number of ether oxygens (including phenoxy) is 1. The second-order valence-corrected chi connectivity index (χ2v) is 4.80. The number of hydrogen-bond donors (Lipinski definition) is 1. The molecule has 3 nitrogen and oxygen atoms in total. The summed E-state index contributed by atoms with van der Waals surface area (Å²) in [5.74, 6) is -7.16. The second kappa shape index (κ2) is 7.27. The Morgan fingerprint density at radius 2 is 1.76 bits per heavy atom. The Balaban J connectivity index is 2.53. The second-order valence-electron chi connectivity index (χ2n) is 4.80. The summed E-state index contributed by atoms with van der Waals surface area (Å²) in [6.07, 6.45) is 1.44. The highest BCUT2D eigenvalue weighted by molar-refractivity contribution is 5.28. The van der Waals surface area contributed by atoms with Crippen molar-refractivity contribution in [3.63, 3.8) is 0 Å². The third-order valence-corrected chi connectivity index (χ3v) is 3.19. The van der Waals surface area contributed by atoms with E-state index in [9.17, 15) is 17.6 Å². The third kappa shape index (κ3) is 4.33. The number of unbranched alkanes of at least 4 members (excludes halogenated alkanes) is 1. The van der Waals surface area contributed by atoms with Gasteiger partial charge in [0.05, 0.1) is 12.7 Å². The summed E-state index contributed by atoms with van der Waals surface area (Å²) in [6.45, 7) is 1.61. The van der Waals surface area contributed by atoms with E-state index in [1.54, 1.807) is 14.0 Å². The zero-order valence-corrected chi connectivity index (χ0v) is 11.8. The minimum absolute atomic E-state index is 0.109. The van der Waals surface area contributed by atoms with Gasteiger partial charge in [-0.2, -0.15) is 14.0 Å². The van der Waals surface area contributed by atoms with E-state index in [0.717, 1.165) is 0 Å².